The first-order valence-corrected chi connectivity index (χ1v) is 12.5. The quantitative estimate of drug-likeness (QED) is 0.340. The van der Waals surface area contributed by atoms with Crippen LogP contribution in [0, 0.1) is 5.92 Å². The van der Waals surface area contributed by atoms with Gasteiger partial charge in [0.1, 0.15) is 11.6 Å². The predicted molar refractivity (Wildman–Crippen MR) is 140 cm³/mol. The van der Waals surface area contributed by atoms with Crippen LogP contribution in [0.25, 0.3) is 11.3 Å². The molecule has 0 bridgehead atoms. The van der Waals surface area contributed by atoms with E-state index >= 15 is 0 Å². The van der Waals surface area contributed by atoms with Gasteiger partial charge in [-0.2, -0.15) is 0 Å². The van der Waals surface area contributed by atoms with Crippen LogP contribution in [0.5, 0.6) is 0 Å². The molecule has 1 fully saturated rings. The number of hydrogen-bond donors (Lipinski definition) is 5. The van der Waals surface area contributed by atoms with E-state index in [1.54, 1.807) is 12.1 Å². The van der Waals surface area contributed by atoms with Gasteiger partial charge in [-0.1, -0.05) is 75.1 Å². The molecular weight excluding hydrogens is 461 g/mol. The first-order valence-electron chi connectivity index (χ1n) is 11.7. The fraction of sp³-hybridized carbons (Fsp3) is 0.583. The van der Waals surface area contributed by atoms with Gasteiger partial charge >= 0.3 is 0 Å². The number of aliphatic hydroxyl groups is 2. The number of halogens is 2. The lowest BCUT2D eigenvalue weighted by atomic mass is 10.0. The van der Waals surface area contributed by atoms with Crippen LogP contribution in [-0.2, 0) is 0 Å². The summed E-state index contributed by atoms with van der Waals surface area (Å²) in [5, 5.41) is 21.0. The van der Waals surface area contributed by atoms with Crippen molar-refractivity contribution >= 4 is 34.8 Å². The van der Waals surface area contributed by atoms with Crippen molar-refractivity contribution in [1.82, 2.24) is 9.97 Å². The van der Waals surface area contributed by atoms with Crippen molar-refractivity contribution in [2.75, 3.05) is 37.4 Å². The number of nitrogens with zero attached hydrogens (tertiary/aromatic N) is 2. The molecular formula is C24H39Cl2N5O2. The second-order valence-corrected chi connectivity index (χ2v) is 8.73. The SMILES string of the molecule is C1CCCCC1.CCC(CCO)CNc1ccc(Cl)c(-c2cc(N)ncc2Cl)n1.NCCO. The minimum atomic E-state index is 0.0972. The molecule has 0 aromatic carbocycles. The molecule has 7 N–H and O–H groups in total. The molecule has 1 aliphatic carbocycles. The van der Waals surface area contributed by atoms with E-state index in [0.717, 1.165) is 19.4 Å². The van der Waals surface area contributed by atoms with E-state index < -0.39 is 0 Å². The Morgan fingerprint density at radius 3 is 2.15 bits per heavy atom. The minimum absolute atomic E-state index is 0.0972. The monoisotopic (exact) mass is 499 g/mol. The zero-order valence-corrected chi connectivity index (χ0v) is 21.1. The summed E-state index contributed by atoms with van der Waals surface area (Å²) in [5.74, 6) is 1.45. The van der Waals surface area contributed by atoms with Crippen LogP contribution in [0.2, 0.25) is 10.0 Å². The van der Waals surface area contributed by atoms with Crippen LogP contribution in [-0.4, -0.2) is 46.5 Å². The van der Waals surface area contributed by atoms with Gasteiger partial charge in [-0.05, 0) is 30.5 Å². The normalized spacial score (nSPS) is 13.8. The molecule has 0 saturated heterocycles. The first-order chi connectivity index (χ1) is 16.0. The molecule has 1 atom stereocenters. The number of nitrogen functional groups attached to an aromatic ring is 1. The lowest BCUT2D eigenvalue weighted by Gasteiger charge is -2.16. The Bertz CT molecular complexity index is 778. The maximum Gasteiger partial charge on any atom is 0.126 e. The van der Waals surface area contributed by atoms with Crippen molar-refractivity contribution in [1.29, 1.82) is 0 Å². The third-order valence-corrected chi connectivity index (χ3v) is 5.90. The summed E-state index contributed by atoms with van der Waals surface area (Å²) < 4.78 is 0. The van der Waals surface area contributed by atoms with Gasteiger partial charge in [0.05, 0.1) is 22.3 Å². The van der Waals surface area contributed by atoms with E-state index in [0.29, 0.717) is 45.4 Å². The van der Waals surface area contributed by atoms with E-state index in [1.807, 2.05) is 6.07 Å². The number of pyridine rings is 2. The number of nitrogens with one attached hydrogen (secondary N) is 1. The molecule has 7 nitrogen and oxygen atoms in total. The van der Waals surface area contributed by atoms with Gasteiger partial charge in [-0.3, -0.25) is 0 Å². The number of rotatable bonds is 8. The summed E-state index contributed by atoms with van der Waals surface area (Å²) in [6.07, 6.45) is 12.2. The van der Waals surface area contributed by atoms with Crippen molar-refractivity contribution in [3.05, 3.63) is 34.4 Å². The zero-order valence-electron chi connectivity index (χ0n) is 19.6. The van der Waals surface area contributed by atoms with Crippen molar-refractivity contribution in [3.63, 3.8) is 0 Å². The largest absolute Gasteiger partial charge is 0.396 e. The average Bonchev–Trinajstić information content (AvgIpc) is 2.85. The van der Waals surface area contributed by atoms with E-state index in [9.17, 15) is 0 Å². The molecule has 2 aromatic heterocycles. The molecule has 0 amide bonds. The van der Waals surface area contributed by atoms with Gasteiger partial charge in [0, 0.05) is 31.5 Å². The fourth-order valence-corrected chi connectivity index (χ4v) is 3.71. The second-order valence-electron chi connectivity index (χ2n) is 7.92. The molecule has 0 radical (unpaired) electrons. The summed E-state index contributed by atoms with van der Waals surface area (Å²) in [6, 6.07) is 5.24. The van der Waals surface area contributed by atoms with Crippen LogP contribution in [0.3, 0.4) is 0 Å². The lowest BCUT2D eigenvalue weighted by molar-refractivity contribution is 0.258. The van der Waals surface area contributed by atoms with Crippen molar-refractivity contribution < 1.29 is 10.2 Å². The highest BCUT2D eigenvalue weighted by Gasteiger charge is 2.13. The summed E-state index contributed by atoms with van der Waals surface area (Å²) in [6.45, 7) is 3.49. The molecule has 33 heavy (non-hydrogen) atoms. The van der Waals surface area contributed by atoms with Crippen molar-refractivity contribution in [2.24, 2.45) is 11.7 Å². The first kappa shape index (κ1) is 29.4. The van der Waals surface area contributed by atoms with Gasteiger partial charge in [-0.25, -0.2) is 9.97 Å². The molecule has 2 heterocycles. The molecule has 2 aromatic rings. The molecule has 1 aliphatic rings. The van der Waals surface area contributed by atoms with E-state index in [2.05, 4.69) is 22.2 Å². The highest BCUT2D eigenvalue weighted by atomic mass is 35.5. The zero-order chi connectivity index (χ0) is 24.5. The van der Waals surface area contributed by atoms with Crippen LogP contribution in [0.4, 0.5) is 11.6 Å². The number of aromatic nitrogens is 2. The van der Waals surface area contributed by atoms with Gasteiger partial charge < -0.3 is 27.0 Å². The molecule has 9 heteroatoms. The molecule has 0 spiro atoms. The third-order valence-electron chi connectivity index (χ3n) is 5.29. The number of aliphatic hydroxyl groups excluding tert-OH is 2. The maximum absolute atomic E-state index is 9.06. The summed E-state index contributed by atoms with van der Waals surface area (Å²) in [7, 11) is 0. The van der Waals surface area contributed by atoms with E-state index in [-0.39, 0.29) is 13.2 Å². The lowest BCUT2D eigenvalue weighted by Crippen LogP contribution is -2.15. The Hall–Kier alpha value is -1.64. The second kappa shape index (κ2) is 17.8. The van der Waals surface area contributed by atoms with Gasteiger partial charge in [0.2, 0.25) is 0 Å². The Morgan fingerprint density at radius 1 is 1.03 bits per heavy atom. The number of hydrogen-bond acceptors (Lipinski definition) is 7. The molecule has 1 saturated carbocycles. The molecule has 1 unspecified atom stereocenters. The number of nitrogens with two attached hydrogens (primary N) is 2. The van der Waals surface area contributed by atoms with Gasteiger partial charge in [-0.15, -0.1) is 0 Å². The van der Waals surface area contributed by atoms with Crippen molar-refractivity contribution in [3.8, 4) is 11.3 Å². The summed E-state index contributed by atoms with van der Waals surface area (Å²) in [4.78, 5) is 8.48. The average molecular weight is 501 g/mol. The van der Waals surface area contributed by atoms with Crippen LogP contribution < -0.4 is 16.8 Å². The molecule has 0 aliphatic heterocycles. The van der Waals surface area contributed by atoms with Gasteiger partial charge in [0.15, 0.2) is 0 Å². The highest BCUT2D eigenvalue weighted by Crippen LogP contribution is 2.33. The molecule has 186 valence electrons. The predicted octanol–water partition coefficient (Wildman–Crippen LogP) is 5.13. The smallest absolute Gasteiger partial charge is 0.126 e. The van der Waals surface area contributed by atoms with Crippen molar-refractivity contribution in [2.45, 2.75) is 58.3 Å². The maximum atomic E-state index is 9.06. The Morgan fingerprint density at radius 2 is 1.64 bits per heavy atom. The summed E-state index contributed by atoms with van der Waals surface area (Å²) >= 11 is 12.4. The number of anilines is 2. The van der Waals surface area contributed by atoms with E-state index in [4.69, 9.17) is 44.9 Å². The Kier molecular flexibility index (Phi) is 15.8. The third kappa shape index (κ3) is 11.9. The van der Waals surface area contributed by atoms with Crippen LogP contribution in [0.1, 0.15) is 58.3 Å². The molecule has 3 rings (SSSR count). The van der Waals surface area contributed by atoms with E-state index in [1.165, 1.54) is 44.7 Å². The standard InChI is InChI=1S/C16H20Cl2N4O.C6H12.C2H7NO/c1-2-10(5-6-23)8-21-15-4-3-12(17)16(22-15)11-7-14(19)20-9-13(11)18;1-2-4-6-5-3-1;3-1-2-4/h3-4,7,9-10,23H,2,5-6,8H2,1H3,(H2,19,20)(H,21,22);1-6H2;4H,1-3H2. The fourth-order valence-electron chi connectivity index (χ4n) is 3.31. The topological polar surface area (TPSA) is 130 Å². The van der Waals surface area contributed by atoms with Gasteiger partial charge in [0.25, 0.3) is 0 Å². The highest BCUT2D eigenvalue weighted by molar-refractivity contribution is 6.36. The van der Waals surface area contributed by atoms with Crippen LogP contribution in [0.15, 0.2) is 24.4 Å². The van der Waals surface area contributed by atoms with Crippen LogP contribution >= 0.6 is 23.2 Å². The Labute approximate surface area is 207 Å². The minimum Gasteiger partial charge on any atom is -0.396 e. The summed E-state index contributed by atoms with van der Waals surface area (Å²) in [5.41, 5.74) is 11.7. The Balaban J connectivity index is 0.000000450.